The smallest absolute Gasteiger partial charge is 0.227 e. The summed E-state index contributed by atoms with van der Waals surface area (Å²) in [6.45, 7) is 3.02. The van der Waals surface area contributed by atoms with E-state index in [2.05, 4.69) is 21.0 Å². The average Bonchev–Trinajstić information content (AvgIpc) is 2.45. The van der Waals surface area contributed by atoms with Crippen LogP contribution in [0.15, 0.2) is 4.47 Å². The van der Waals surface area contributed by atoms with E-state index in [0.29, 0.717) is 22.7 Å². The Balaban J connectivity index is 2.50. The molecule has 2 rings (SSSR count). The van der Waals surface area contributed by atoms with Gasteiger partial charge in [0.15, 0.2) is 5.78 Å². The molecule has 0 amide bonds. The molecule has 1 aromatic rings. The molecule has 0 spiro atoms. The van der Waals surface area contributed by atoms with Crippen LogP contribution in [-0.2, 0) is 6.54 Å². The first kappa shape index (κ1) is 8.74. The minimum Gasteiger partial charge on any atom is -0.477 e. The van der Waals surface area contributed by atoms with Gasteiger partial charge in [0.1, 0.15) is 10.2 Å². The number of fused-ring (bicyclic) bond motifs is 1. The molecule has 0 saturated heterocycles. The van der Waals surface area contributed by atoms with Crippen molar-refractivity contribution >= 4 is 21.7 Å². The van der Waals surface area contributed by atoms with Crippen molar-refractivity contribution in [3.63, 3.8) is 0 Å². The van der Waals surface area contributed by atoms with Gasteiger partial charge in [-0.1, -0.05) is 0 Å². The third kappa shape index (κ3) is 1.37. The zero-order valence-corrected chi connectivity index (χ0v) is 8.80. The molecule has 0 unspecified atom stereocenters. The number of ketones is 1. The van der Waals surface area contributed by atoms with Gasteiger partial charge >= 0.3 is 0 Å². The molecule has 13 heavy (non-hydrogen) atoms. The van der Waals surface area contributed by atoms with Crippen molar-refractivity contribution in [1.29, 1.82) is 0 Å². The van der Waals surface area contributed by atoms with Crippen molar-refractivity contribution in [3.05, 3.63) is 10.2 Å². The maximum Gasteiger partial charge on any atom is 0.227 e. The molecule has 70 valence electrons. The lowest BCUT2D eigenvalue weighted by Crippen LogP contribution is -2.14. The lowest BCUT2D eigenvalue weighted by molar-refractivity contribution is 0.101. The van der Waals surface area contributed by atoms with Crippen molar-refractivity contribution in [3.8, 4) is 5.88 Å². The van der Waals surface area contributed by atoms with Gasteiger partial charge in [0.2, 0.25) is 5.88 Å². The Morgan fingerprint density at radius 3 is 3.08 bits per heavy atom. The monoisotopic (exact) mass is 244 g/mol. The van der Waals surface area contributed by atoms with Crippen LogP contribution in [-0.4, -0.2) is 22.2 Å². The lowest BCUT2D eigenvalue weighted by Gasteiger charge is -2.14. The zero-order chi connectivity index (χ0) is 9.42. The van der Waals surface area contributed by atoms with Crippen LogP contribution in [0.25, 0.3) is 0 Å². The molecular formula is C8H9BrN2O2. The second-order valence-corrected chi connectivity index (χ2v) is 3.74. The minimum atomic E-state index is -0.0441. The molecular weight excluding hydrogens is 236 g/mol. The van der Waals surface area contributed by atoms with E-state index in [1.54, 1.807) is 4.68 Å². The molecule has 0 radical (unpaired) electrons. The molecule has 1 aromatic heterocycles. The number of aryl methyl sites for hydroxylation is 1. The number of ether oxygens (including phenoxy) is 1. The van der Waals surface area contributed by atoms with Crippen molar-refractivity contribution < 1.29 is 9.53 Å². The first-order valence-corrected chi connectivity index (χ1v) is 4.89. The molecule has 0 fully saturated rings. The molecule has 2 heterocycles. The van der Waals surface area contributed by atoms with Crippen molar-refractivity contribution in [2.24, 2.45) is 0 Å². The lowest BCUT2D eigenvalue weighted by atomic mass is 10.3. The van der Waals surface area contributed by atoms with Crippen LogP contribution >= 0.6 is 15.9 Å². The fraction of sp³-hybridized carbons (Fsp3) is 0.500. The summed E-state index contributed by atoms with van der Waals surface area (Å²) in [5, 5.41) is 4.15. The Hall–Kier alpha value is -0.840. The number of aromatic nitrogens is 2. The summed E-state index contributed by atoms with van der Waals surface area (Å²) >= 11 is 3.31. The molecule has 1 aliphatic heterocycles. The molecule has 0 atom stereocenters. The van der Waals surface area contributed by atoms with Gasteiger partial charge < -0.3 is 4.74 Å². The second-order valence-electron chi connectivity index (χ2n) is 2.95. The molecule has 1 aliphatic rings. The van der Waals surface area contributed by atoms with Crippen LogP contribution in [0.4, 0.5) is 0 Å². The largest absolute Gasteiger partial charge is 0.477 e. The molecule has 0 aromatic carbocycles. The number of hydrogen-bond donors (Lipinski definition) is 0. The van der Waals surface area contributed by atoms with Gasteiger partial charge in [-0.25, -0.2) is 4.68 Å². The quantitative estimate of drug-likeness (QED) is 0.706. The third-order valence-corrected chi connectivity index (χ3v) is 2.65. The number of hydrogen-bond acceptors (Lipinski definition) is 3. The maximum atomic E-state index is 11.1. The number of carbonyl (C=O) groups excluding carboxylic acids is 1. The summed E-state index contributed by atoms with van der Waals surface area (Å²) in [5.41, 5.74) is 0.455. The van der Waals surface area contributed by atoms with Crippen LogP contribution in [0.2, 0.25) is 0 Å². The predicted octanol–water partition coefficient (Wildman–Crippen LogP) is 1.63. The van der Waals surface area contributed by atoms with E-state index in [9.17, 15) is 4.79 Å². The highest BCUT2D eigenvalue weighted by Gasteiger charge is 2.21. The Morgan fingerprint density at radius 1 is 1.69 bits per heavy atom. The normalized spacial score (nSPS) is 14.9. The van der Waals surface area contributed by atoms with Crippen molar-refractivity contribution in [2.45, 2.75) is 19.9 Å². The van der Waals surface area contributed by atoms with Crippen LogP contribution in [0.3, 0.4) is 0 Å². The van der Waals surface area contributed by atoms with Gasteiger partial charge in [0.25, 0.3) is 0 Å². The summed E-state index contributed by atoms with van der Waals surface area (Å²) < 4.78 is 7.79. The Bertz CT molecular complexity index is 359. The van der Waals surface area contributed by atoms with E-state index < -0.39 is 0 Å². The SMILES string of the molecule is CC(=O)c1nn2c(c1Br)OCCC2. The van der Waals surface area contributed by atoms with Gasteiger partial charge in [0, 0.05) is 19.9 Å². The molecule has 0 aliphatic carbocycles. The summed E-state index contributed by atoms with van der Waals surface area (Å²) in [6.07, 6.45) is 0.943. The predicted molar refractivity (Wildman–Crippen MR) is 50.0 cm³/mol. The zero-order valence-electron chi connectivity index (χ0n) is 7.21. The number of halogens is 1. The summed E-state index contributed by atoms with van der Waals surface area (Å²) in [7, 11) is 0. The molecule has 4 nitrogen and oxygen atoms in total. The number of Topliss-reactive ketones (excluding diaryl/α,β-unsaturated/α-hetero) is 1. The number of nitrogens with zero attached hydrogens (tertiary/aromatic N) is 2. The third-order valence-electron chi connectivity index (χ3n) is 1.94. The first-order valence-electron chi connectivity index (χ1n) is 4.10. The highest BCUT2D eigenvalue weighted by molar-refractivity contribution is 9.10. The fourth-order valence-corrected chi connectivity index (χ4v) is 2.00. The van der Waals surface area contributed by atoms with Crippen LogP contribution in [0.1, 0.15) is 23.8 Å². The van der Waals surface area contributed by atoms with Gasteiger partial charge in [0.05, 0.1) is 6.61 Å². The van der Waals surface area contributed by atoms with Crippen LogP contribution < -0.4 is 4.74 Å². The van der Waals surface area contributed by atoms with Crippen LogP contribution in [0.5, 0.6) is 5.88 Å². The maximum absolute atomic E-state index is 11.1. The average molecular weight is 245 g/mol. The summed E-state index contributed by atoms with van der Waals surface area (Å²) in [6, 6.07) is 0. The van der Waals surface area contributed by atoms with Gasteiger partial charge in [-0.3, -0.25) is 4.79 Å². The molecule has 0 saturated carbocycles. The topological polar surface area (TPSA) is 44.1 Å². The van der Waals surface area contributed by atoms with E-state index in [1.165, 1.54) is 6.92 Å². The first-order chi connectivity index (χ1) is 6.20. The number of carbonyl (C=O) groups is 1. The van der Waals surface area contributed by atoms with Crippen molar-refractivity contribution in [1.82, 2.24) is 9.78 Å². The fourth-order valence-electron chi connectivity index (χ4n) is 1.32. The highest BCUT2D eigenvalue weighted by Crippen LogP contribution is 2.31. The van der Waals surface area contributed by atoms with Crippen LogP contribution in [0, 0.1) is 0 Å². The second kappa shape index (κ2) is 3.14. The summed E-state index contributed by atoms with van der Waals surface area (Å²) in [4.78, 5) is 11.1. The van der Waals surface area contributed by atoms with E-state index in [0.717, 1.165) is 13.0 Å². The Morgan fingerprint density at radius 2 is 2.46 bits per heavy atom. The number of rotatable bonds is 1. The van der Waals surface area contributed by atoms with E-state index >= 15 is 0 Å². The van der Waals surface area contributed by atoms with Gasteiger partial charge in [-0.15, -0.1) is 0 Å². The molecule has 0 bridgehead atoms. The van der Waals surface area contributed by atoms with Gasteiger partial charge in [-0.05, 0) is 15.9 Å². The minimum absolute atomic E-state index is 0.0441. The van der Waals surface area contributed by atoms with Gasteiger partial charge in [-0.2, -0.15) is 5.10 Å². The van der Waals surface area contributed by atoms with Crippen molar-refractivity contribution in [2.75, 3.05) is 6.61 Å². The standard InChI is InChI=1S/C8H9BrN2O2/c1-5(12)7-6(9)8-11(10-7)3-2-4-13-8/h2-4H2,1H3. The summed E-state index contributed by atoms with van der Waals surface area (Å²) in [5.74, 6) is 0.633. The van der Waals surface area contributed by atoms with E-state index in [-0.39, 0.29) is 5.78 Å². The molecule has 5 heteroatoms. The Labute approximate surface area is 84.0 Å². The highest BCUT2D eigenvalue weighted by atomic mass is 79.9. The molecule has 0 N–H and O–H groups in total. The Kier molecular flexibility index (Phi) is 2.11. The van der Waals surface area contributed by atoms with E-state index in [4.69, 9.17) is 4.74 Å². The van der Waals surface area contributed by atoms with E-state index in [1.807, 2.05) is 0 Å².